The van der Waals surface area contributed by atoms with Crippen LogP contribution >= 0.6 is 11.8 Å². The molecule has 0 aliphatic heterocycles. The Morgan fingerprint density at radius 2 is 1.78 bits per heavy atom. The summed E-state index contributed by atoms with van der Waals surface area (Å²) in [7, 11) is -1.77. The number of anilines is 1. The molecule has 0 unspecified atom stereocenters. The minimum Gasteiger partial charge on any atom is -0.351 e. The Labute approximate surface area is 143 Å². The van der Waals surface area contributed by atoms with Gasteiger partial charge in [-0.15, -0.1) is 0 Å². The summed E-state index contributed by atoms with van der Waals surface area (Å²) in [6, 6.07) is 6.57. The van der Waals surface area contributed by atoms with Crippen LogP contribution in [-0.4, -0.2) is 44.2 Å². The molecule has 0 aliphatic carbocycles. The number of benzene rings is 1. The third-order valence-electron chi connectivity index (χ3n) is 3.20. The van der Waals surface area contributed by atoms with Gasteiger partial charge in [-0.25, -0.2) is 8.42 Å². The van der Waals surface area contributed by atoms with E-state index in [4.69, 9.17) is 0 Å². The fourth-order valence-corrected chi connectivity index (χ4v) is 3.45. The van der Waals surface area contributed by atoms with Crippen LogP contribution in [0.25, 0.3) is 0 Å². The highest BCUT2D eigenvalue weighted by Gasteiger charge is 2.16. The molecule has 1 aromatic carbocycles. The predicted octanol–water partition coefficient (Wildman–Crippen LogP) is 2.73. The molecular formula is C16H26N2O3S2. The second-order valence-corrected chi connectivity index (χ2v) is 10.3. The molecule has 1 aromatic rings. The Hall–Kier alpha value is -1.21. The van der Waals surface area contributed by atoms with E-state index in [9.17, 15) is 13.2 Å². The number of rotatable bonds is 7. The van der Waals surface area contributed by atoms with Crippen LogP contribution in [0.2, 0.25) is 0 Å². The quantitative estimate of drug-likeness (QED) is 0.761. The third kappa shape index (κ3) is 6.43. The van der Waals surface area contributed by atoms with E-state index in [2.05, 4.69) is 26.1 Å². The van der Waals surface area contributed by atoms with Crippen molar-refractivity contribution in [2.45, 2.75) is 32.4 Å². The van der Waals surface area contributed by atoms with Crippen molar-refractivity contribution in [3.63, 3.8) is 0 Å². The van der Waals surface area contributed by atoms with Crippen LogP contribution in [-0.2, 0) is 10.0 Å². The monoisotopic (exact) mass is 358 g/mol. The molecule has 0 fully saturated rings. The van der Waals surface area contributed by atoms with Gasteiger partial charge in [0.25, 0.3) is 5.91 Å². The molecule has 0 aliphatic rings. The summed E-state index contributed by atoms with van der Waals surface area (Å²) in [6.45, 7) is 8.62. The van der Waals surface area contributed by atoms with Crippen molar-refractivity contribution in [2.75, 3.05) is 29.4 Å². The number of amides is 1. The lowest BCUT2D eigenvalue weighted by atomic mass is 10.2. The minimum atomic E-state index is -3.29. The summed E-state index contributed by atoms with van der Waals surface area (Å²) < 4.78 is 25.0. The number of hydrogen-bond donors (Lipinski definition) is 1. The second kappa shape index (κ2) is 8.06. The van der Waals surface area contributed by atoms with Crippen molar-refractivity contribution in [1.29, 1.82) is 0 Å². The van der Waals surface area contributed by atoms with Gasteiger partial charge >= 0.3 is 0 Å². The molecule has 130 valence electrons. The van der Waals surface area contributed by atoms with Gasteiger partial charge in [0.15, 0.2) is 0 Å². The van der Waals surface area contributed by atoms with E-state index in [1.54, 1.807) is 43.0 Å². The Bertz CT molecular complexity index is 620. The molecule has 0 spiro atoms. The van der Waals surface area contributed by atoms with Gasteiger partial charge in [0, 0.05) is 29.7 Å². The van der Waals surface area contributed by atoms with Crippen molar-refractivity contribution in [1.82, 2.24) is 5.32 Å². The lowest BCUT2D eigenvalue weighted by Crippen LogP contribution is -2.28. The van der Waals surface area contributed by atoms with Crippen molar-refractivity contribution in [3.8, 4) is 0 Å². The van der Waals surface area contributed by atoms with Gasteiger partial charge in [-0.3, -0.25) is 9.10 Å². The first kappa shape index (κ1) is 19.8. The molecule has 0 heterocycles. The molecule has 0 bridgehead atoms. The number of hydrogen-bond acceptors (Lipinski definition) is 4. The fraction of sp³-hybridized carbons (Fsp3) is 0.562. The lowest BCUT2D eigenvalue weighted by Gasteiger charge is -2.19. The number of carbonyl (C=O) groups excluding carboxylic acids is 1. The van der Waals surface area contributed by atoms with E-state index in [1.807, 2.05) is 0 Å². The first-order chi connectivity index (χ1) is 10.6. The van der Waals surface area contributed by atoms with Crippen LogP contribution in [0.5, 0.6) is 0 Å². The highest BCUT2D eigenvalue weighted by Crippen LogP contribution is 2.22. The first-order valence-corrected chi connectivity index (χ1v) is 10.1. The largest absolute Gasteiger partial charge is 0.351 e. The summed E-state index contributed by atoms with van der Waals surface area (Å²) in [5, 5.41) is 2.87. The molecule has 7 heteroatoms. The van der Waals surface area contributed by atoms with Crippen LogP contribution < -0.4 is 9.62 Å². The van der Waals surface area contributed by atoms with Crippen LogP contribution in [0.15, 0.2) is 24.3 Å². The maximum absolute atomic E-state index is 12.1. The molecule has 1 rings (SSSR count). The van der Waals surface area contributed by atoms with Crippen LogP contribution in [0.1, 0.15) is 38.1 Å². The zero-order valence-electron chi connectivity index (χ0n) is 14.4. The smallest absolute Gasteiger partial charge is 0.251 e. The van der Waals surface area contributed by atoms with Gasteiger partial charge in [-0.2, -0.15) is 11.8 Å². The summed E-state index contributed by atoms with van der Waals surface area (Å²) in [5.74, 6) is 0.745. The van der Waals surface area contributed by atoms with Gasteiger partial charge in [0.05, 0.1) is 11.4 Å². The number of nitrogens with zero attached hydrogens (tertiary/aromatic N) is 1. The molecule has 0 radical (unpaired) electrons. The molecule has 23 heavy (non-hydrogen) atoms. The Balaban J connectivity index is 2.61. The van der Waals surface area contributed by atoms with E-state index >= 15 is 0 Å². The topological polar surface area (TPSA) is 66.5 Å². The Kier molecular flexibility index (Phi) is 6.95. The third-order valence-corrected chi connectivity index (χ3v) is 6.25. The molecule has 5 nitrogen and oxygen atoms in total. The average Bonchev–Trinajstić information content (AvgIpc) is 2.49. The van der Waals surface area contributed by atoms with Gasteiger partial charge < -0.3 is 5.32 Å². The fourth-order valence-electron chi connectivity index (χ4n) is 1.80. The zero-order valence-corrected chi connectivity index (χ0v) is 16.1. The molecule has 0 saturated carbocycles. The zero-order chi connectivity index (χ0) is 17.7. The van der Waals surface area contributed by atoms with Crippen LogP contribution in [0.4, 0.5) is 5.69 Å². The number of thioether (sulfide) groups is 1. The van der Waals surface area contributed by atoms with Crippen molar-refractivity contribution in [3.05, 3.63) is 29.8 Å². The minimum absolute atomic E-state index is 0.0389. The highest BCUT2D eigenvalue weighted by atomic mass is 32.2. The Morgan fingerprint density at radius 3 is 2.26 bits per heavy atom. The number of nitrogens with one attached hydrogen (secondary N) is 1. The standard InChI is InChI=1S/C16H26N2O3S2/c1-6-23(20,21)18(5)14-9-7-13(8-10-14)15(19)17-11-12-22-16(2,3)4/h7-10H,6,11-12H2,1-5H3,(H,17,19). The van der Waals surface area contributed by atoms with Gasteiger partial charge in [-0.05, 0) is 31.2 Å². The summed E-state index contributed by atoms with van der Waals surface area (Å²) in [6.07, 6.45) is 0. The van der Waals surface area contributed by atoms with Gasteiger partial charge in [-0.1, -0.05) is 20.8 Å². The second-order valence-electron chi connectivity index (χ2n) is 6.13. The molecule has 1 amide bonds. The molecule has 0 aromatic heterocycles. The van der Waals surface area contributed by atoms with Crippen LogP contribution in [0.3, 0.4) is 0 Å². The average molecular weight is 359 g/mol. The maximum atomic E-state index is 12.1. The highest BCUT2D eigenvalue weighted by molar-refractivity contribution is 8.00. The number of carbonyl (C=O) groups is 1. The Morgan fingerprint density at radius 1 is 1.22 bits per heavy atom. The van der Waals surface area contributed by atoms with Crippen molar-refractivity contribution in [2.24, 2.45) is 0 Å². The SMILES string of the molecule is CCS(=O)(=O)N(C)c1ccc(C(=O)NCCSC(C)(C)C)cc1. The number of sulfonamides is 1. The first-order valence-electron chi connectivity index (χ1n) is 7.55. The predicted molar refractivity (Wildman–Crippen MR) is 98.9 cm³/mol. The molecular weight excluding hydrogens is 332 g/mol. The maximum Gasteiger partial charge on any atom is 0.251 e. The van der Waals surface area contributed by atoms with Gasteiger partial charge in [0.2, 0.25) is 10.0 Å². The normalized spacial score (nSPS) is 12.0. The molecule has 0 saturated heterocycles. The van der Waals surface area contributed by atoms with E-state index in [0.29, 0.717) is 17.8 Å². The van der Waals surface area contributed by atoms with E-state index in [0.717, 1.165) is 5.75 Å². The van der Waals surface area contributed by atoms with Crippen LogP contribution in [0, 0.1) is 0 Å². The van der Waals surface area contributed by atoms with Crippen molar-refractivity contribution < 1.29 is 13.2 Å². The van der Waals surface area contributed by atoms with E-state index < -0.39 is 10.0 Å². The van der Waals surface area contributed by atoms with E-state index in [1.165, 1.54) is 11.4 Å². The van der Waals surface area contributed by atoms with E-state index in [-0.39, 0.29) is 16.4 Å². The van der Waals surface area contributed by atoms with Gasteiger partial charge in [0.1, 0.15) is 0 Å². The summed E-state index contributed by atoms with van der Waals surface area (Å²) in [4.78, 5) is 12.1. The van der Waals surface area contributed by atoms with Crippen molar-refractivity contribution >= 4 is 33.4 Å². The summed E-state index contributed by atoms with van der Waals surface area (Å²) in [5.41, 5.74) is 1.07. The summed E-state index contributed by atoms with van der Waals surface area (Å²) >= 11 is 1.79. The molecule has 0 atom stereocenters. The lowest BCUT2D eigenvalue weighted by molar-refractivity contribution is 0.0956. The molecule has 1 N–H and O–H groups in total.